The molecule has 2 aliphatic heterocycles. The number of alkyl halides is 3. The van der Waals surface area contributed by atoms with Gasteiger partial charge in [-0.3, -0.25) is 9.59 Å². The molecule has 1 aromatic carbocycles. The van der Waals surface area contributed by atoms with E-state index >= 15 is 0 Å². The van der Waals surface area contributed by atoms with E-state index in [1.807, 2.05) is 18.7 Å². The Bertz CT molecular complexity index is 1200. The number of para-hydroxylation sites is 1. The van der Waals surface area contributed by atoms with Crippen LogP contribution in [0.15, 0.2) is 24.3 Å². The van der Waals surface area contributed by atoms with Gasteiger partial charge in [0.25, 0.3) is 5.91 Å². The van der Waals surface area contributed by atoms with Crippen LogP contribution < -0.4 is 10.4 Å². The molecule has 186 valence electrons. The number of amides is 2. The molecule has 35 heavy (non-hydrogen) atoms. The number of aryl methyl sites for hydroxylation is 1. The number of rotatable bonds is 5. The smallest absolute Gasteiger partial charge is 0.359 e. The average Bonchev–Trinajstić information content (AvgIpc) is 3.25. The minimum absolute atomic E-state index is 0.0455. The molecule has 2 amide bonds. The van der Waals surface area contributed by atoms with E-state index in [9.17, 15) is 27.6 Å². The first kappa shape index (κ1) is 24.5. The fourth-order valence-corrected chi connectivity index (χ4v) is 4.36. The molecule has 1 saturated heterocycles. The predicted octanol–water partition coefficient (Wildman–Crippen LogP) is 2.90. The van der Waals surface area contributed by atoms with Crippen LogP contribution in [0.25, 0.3) is 11.6 Å². The monoisotopic (exact) mass is 490 g/mol. The zero-order valence-corrected chi connectivity index (χ0v) is 19.3. The fourth-order valence-electron chi connectivity index (χ4n) is 4.36. The zero-order chi connectivity index (χ0) is 25.3. The number of hydrogen-bond donors (Lipinski definition) is 2. The van der Waals surface area contributed by atoms with Crippen molar-refractivity contribution in [2.75, 3.05) is 31.2 Å². The molecule has 1 fully saturated rings. The van der Waals surface area contributed by atoms with E-state index < -0.39 is 18.1 Å². The highest BCUT2D eigenvalue weighted by molar-refractivity contribution is 6.35. The summed E-state index contributed by atoms with van der Waals surface area (Å²) in [5, 5.41) is 3.58. The van der Waals surface area contributed by atoms with E-state index in [-0.39, 0.29) is 17.2 Å². The number of hydrogen-bond acceptors (Lipinski definition) is 5. The molecule has 0 radical (unpaired) electrons. The lowest BCUT2D eigenvalue weighted by atomic mass is 10.0. The first-order valence-corrected chi connectivity index (χ1v) is 11.2. The number of aromatic nitrogens is 1. The highest BCUT2D eigenvalue weighted by Crippen LogP contribution is 2.39. The standard InChI is InChI=1S/C24H25F3N4O4/c1-14-16(7-8-21(32)30-11-9-28-10-12-30)15(2)29-19(14)13-18-17-5-3-4-6-20(17)31(22(18)33)35-23(34)24(25,26)27/h3-6,13,28-29H,7-12H2,1-2H3/b18-13-. The van der Waals surface area contributed by atoms with Crippen LogP contribution in [0.2, 0.25) is 0 Å². The Morgan fingerprint density at radius 2 is 1.83 bits per heavy atom. The third kappa shape index (κ3) is 4.95. The minimum atomic E-state index is -5.24. The van der Waals surface area contributed by atoms with Crippen LogP contribution in [0.4, 0.5) is 18.9 Å². The molecule has 4 rings (SSSR count). The number of H-pyrrole nitrogens is 1. The maximum Gasteiger partial charge on any atom is 0.493 e. The maximum absolute atomic E-state index is 13.0. The van der Waals surface area contributed by atoms with Crippen LogP contribution in [0.5, 0.6) is 0 Å². The van der Waals surface area contributed by atoms with Gasteiger partial charge in [-0.2, -0.15) is 13.2 Å². The average molecular weight is 490 g/mol. The van der Waals surface area contributed by atoms with Gasteiger partial charge in [-0.15, -0.1) is 5.06 Å². The van der Waals surface area contributed by atoms with E-state index in [0.29, 0.717) is 42.3 Å². The van der Waals surface area contributed by atoms with Gasteiger partial charge in [0.2, 0.25) is 5.91 Å². The number of carbonyl (C=O) groups excluding carboxylic acids is 3. The Labute approximate surface area is 199 Å². The molecular weight excluding hydrogens is 465 g/mol. The number of halogens is 3. The highest BCUT2D eigenvalue weighted by Gasteiger charge is 2.46. The molecule has 0 unspecified atom stereocenters. The molecule has 11 heteroatoms. The lowest BCUT2D eigenvalue weighted by Gasteiger charge is -2.27. The van der Waals surface area contributed by atoms with Crippen molar-refractivity contribution in [2.45, 2.75) is 32.9 Å². The van der Waals surface area contributed by atoms with E-state index in [1.165, 1.54) is 18.2 Å². The van der Waals surface area contributed by atoms with Gasteiger partial charge in [0.05, 0.1) is 11.3 Å². The molecule has 0 spiro atoms. The van der Waals surface area contributed by atoms with Gasteiger partial charge in [0.15, 0.2) is 0 Å². The number of benzene rings is 1. The van der Waals surface area contributed by atoms with Crippen molar-refractivity contribution in [1.82, 2.24) is 15.2 Å². The summed E-state index contributed by atoms with van der Waals surface area (Å²) in [6, 6.07) is 6.13. The number of piperazine rings is 1. The van der Waals surface area contributed by atoms with Crippen molar-refractivity contribution < 1.29 is 32.4 Å². The molecule has 2 aliphatic rings. The van der Waals surface area contributed by atoms with Gasteiger partial charge in [-0.25, -0.2) is 4.79 Å². The van der Waals surface area contributed by atoms with Crippen molar-refractivity contribution in [3.05, 3.63) is 52.3 Å². The summed E-state index contributed by atoms with van der Waals surface area (Å²) in [5.74, 6) is -3.29. The van der Waals surface area contributed by atoms with Crippen LogP contribution in [0, 0.1) is 13.8 Å². The zero-order valence-electron chi connectivity index (χ0n) is 19.3. The third-order valence-electron chi connectivity index (χ3n) is 6.21. The van der Waals surface area contributed by atoms with Gasteiger partial charge >= 0.3 is 12.1 Å². The SMILES string of the molecule is Cc1[nH]c(/C=C2\C(=O)N(OC(=O)C(F)(F)F)c3ccccc32)c(C)c1CCC(=O)N1CCNCC1. The van der Waals surface area contributed by atoms with Crippen molar-refractivity contribution >= 4 is 35.1 Å². The first-order valence-electron chi connectivity index (χ1n) is 11.2. The van der Waals surface area contributed by atoms with Crippen LogP contribution in [-0.4, -0.2) is 60.0 Å². The van der Waals surface area contributed by atoms with E-state index in [2.05, 4.69) is 15.1 Å². The number of nitrogens with one attached hydrogen (secondary N) is 2. The third-order valence-corrected chi connectivity index (χ3v) is 6.21. The molecule has 0 bridgehead atoms. The fraction of sp³-hybridized carbons (Fsp3) is 0.375. The number of hydroxylamine groups is 1. The van der Waals surface area contributed by atoms with E-state index in [0.717, 1.165) is 29.9 Å². The molecule has 0 aliphatic carbocycles. The van der Waals surface area contributed by atoms with Crippen molar-refractivity contribution in [3.8, 4) is 0 Å². The molecule has 8 nitrogen and oxygen atoms in total. The highest BCUT2D eigenvalue weighted by atomic mass is 19.4. The van der Waals surface area contributed by atoms with Crippen molar-refractivity contribution in [2.24, 2.45) is 0 Å². The molecule has 0 atom stereocenters. The topological polar surface area (TPSA) is 94.7 Å². The van der Waals surface area contributed by atoms with Crippen LogP contribution in [0.1, 0.15) is 34.5 Å². The second-order valence-corrected chi connectivity index (χ2v) is 8.45. The molecule has 0 saturated carbocycles. The summed E-state index contributed by atoms with van der Waals surface area (Å²) >= 11 is 0. The Balaban J connectivity index is 1.58. The van der Waals surface area contributed by atoms with Crippen LogP contribution in [-0.2, 0) is 25.6 Å². The second-order valence-electron chi connectivity index (χ2n) is 8.45. The van der Waals surface area contributed by atoms with Crippen molar-refractivity contribution in [3.63, 3.8) is 0 Å². The van der Waals surface area contributed by atoms with Gasteiger partial charge in [-0.1, -0.05) is 18.2 Å². The Morgan fingerprint density at radius 3 is 2.51 bits per heavy atom. The van der Waals surface area contributed by atoms with Gasteiger partial charge in [0, 0.05) is 49.6 Å². The van der Waals surface area contributed by atoms with E-state index in [1.54, 1.807) is 12.1 Å². The molecular formula is C24H25F3N4O4. The summed E-state index contributed by atoms with van der Waals surface area (Å²) in [4.78, 5) is 46.3. The van der Waals surface area contributed by atoms with Gasteiger partial charge in [-0.05, 0) is 43.5 Å². The van der Waals surface area contributed by atoms with Crippen LogP contribution in [0.3, 0.4) is 0 Å². The number of aromatic amines is 1. The number of carbonyl (C=O) groups is 3. The molecule has 1 aromatic heterocycles. The largest absolute Gasteiger partial charge is 0.493 e. The second kappa shape index (κ2) is 9.57. The minimum Gasteiger partial charge on any atom is -0.359 e. The van der Waals surface area contributed by atoms with Crippen LogP contribution >= 0.6 is 0 Å². The number of anilines is 1. The summed E-state index contributed by atoms with van der Waals surface area (Å²) in [6.07, 6.45) is -2.85. The Hall–Kier alpha value is -3.60. The predicted molar refractivity (Wildman–Crippen MR) is 122 cm³/mol. The summed E-state index contributed by atoms with van der Waals surface area (Å²) in [6.45, 7) is 6.62. The lowest BCUT2D eigenvalue weighted by molar-refractivity contribution is -0.201. The molecule has 3 heterocycles. The van der Waals surface area contributed by atoms with Gasteiger partial charge < -0.3 is 20.0 Å². The van der Waals surface area contributed by atoms with Crippen molar-refractivity contribution in [1.29, 1.82) is 0 Å². The Kier molecular flexibility index (Phi) is 6.70. The maximum atomic E-state index is 13.0. The summed E-state index contributed by atoms with van der Waals surface area (Å²) in [5.41, 5.74) is 3.68. The quantitative estimate of drug-likeness (QED) is 0.629. The number of nitrogens with zero attached hydrogens (tertiary/aromatic N) is 2. The first-order chi connectivity index (χ1) is 16.6. The Morgan fingerprint density at radius 1 is 1.14 bits per heavy atom. The van der Waals surface area contributed by atoms with E-state index in [4.69, 9.17) is 0 Å². The molecule has 2 N–H and O–H groups in total. The number of fused-ring (bicyclic) bond motifs is 1. The normalized spacial score (nSPS) is 17.2. The summed E-state index contributed by atoms with van der Waals surface area (Å²) < 4.78 is 38.2. The lowest BCUT2D eigenvalue weighted by Crippen LogP contribution is -2.46. The van der Waals surface area contributed by atoms with Gasteiger partial charge in [0.1, 0.15) is 0 Å². The summed E-state index contributed by atoms with van der Waals surface area (Å²) in [7, 11) is 0. The molecule has 2 aromatic rings.